The molecular weight excluding hydrogens is 246 g/mol. The van der Waals surface area contributed by atoms with E-state index in [0.29, 0.717) is 0 Å². The van der Waals surface area contributed by atoms with Gasteiger partial charge in [0.05, 0.1) is 0 Å². The van der Waals surface area contributed by atoms with Crippen molar-refractivity contribution in [2.75, 3.05) is 30.4 Å². The van der Waals surface area contributed by atoms with E-state index in [9.17, 15) is 0 Å². The van der Waals surface area contributed by atoms with Crippen molar-refractivity contribution in [2.24, 2.45) is 0 Å². The average molecular weight is 266 g/mol. The Morgan fingerprint density at radius 1 is 1.31 bits per heavy atom. The van der Waals surface area contributed by atoms with Crippen molar-refractivity contribution in [3.05, 3.63) is 0 Å². The van der Waals surface area contributed by atoms with Crippen molar-refractivity contribution in [1.29, 1.82) is 0 Å². The van der Waals surface area contributed by atoms with Crippen LogP contribution >= 0.6 is 27.7 Å². The number of nitrogens with zero attached hydrogens (tertiary/aromatic N) is 1. The molecule has 0 aromatic carbocycles. The maximum atomic E-state index is 3.54. The van der Waals surface area contributed by atoms with E-state index in [1.54, 1.807) is 0 Å². The van der Waals surface area contributed by atoms with Crippen LogP contribution in [0.1, 0.15) is 25.7 Å². The first kappa shape index (κ1) is 11.9. The highest BCUT2D eigenvalue weighted by atomic mass is 79.9. The minimum absolute atomic E-state index is 0.893. The SMILES string of the molecule is CSCCN(CCBr)C1CCCC1. The smallest absolute Gasteiger partial charge is 0.0159 e. The fourth-order valence-electron chi connectivity index (χ4n) is 2.06. The van der Waals surface area contributed by atoms with Crippen molar-refractivity contribution >= 4 is 27.7 Å². The molecule has 1 aliphatic rings. The topological polar surface area (TPSA) is 3.24 Å². The van der Waals surface area contributed by atoms with E-state index in [0.717, 1.165) is 11.4 Å². The van der Waals surface area contributed by atoms with E-state index in [1.807, 2.05) is 11.8 Å². The van der Waals surface area contributed by atoms with Gasteiger partial charge in [-0.05, 0) is 19.1 Å². The number of thioether (sulfide) groups is 1. The van der Waals surface area contributed by atoms with Crippen molar-refractivity contribution < 1.29 is 0 Å². The Balaban J connectivity index is 2.26. The molecule has 78 valence electrons. The zero-order valence-corrected chi connectivity index (χ0v) is 10.9. The number of rotatable bonds is 6. The normalized spacial score (nSPS) is 18.7. The predicted octanol–water partition coefficient (Wildman–Crippen LogP) is 2.99. The molecule has 3 heteroatoms. The molecule has 0 aromatic rings. The van der Waals surface area contributed by atoms with E-state index in [1.165, 1.54) is 44.5 Å². The minimum atomic E-state index is 0.893. The quantitative estimate of drug-likeness (QED) is 0.680. The Morgan fingerprint density at radius 2 is 2.00 bits per heavy atom. The van der Waals surface area contributed by atoms with Gasteiger partial charge in [0.15, 0.2) is 0 Å². The molecule has 0 saturated heterocycles. The van der Waals surface area contributed by atoms with E-state index in [4.69, 9.17) is 0 Å². The van der Waals surface area contributed by atoms with Gasteiger partial charge < -0.3 is 0 Å². The van der Waals surface area contributed by atoms with Gasteiger partial charge in [-0.25, -0.2) is 0 Å². The first-order chi connectivity index (χ1) is 6.38. The van der Waals surface area contributed by atoms with Gasteiger partial charge in [0.2, 0.25) is 0 Å². The van der Waals surface area contributed by atoms with E-state index >= 15 is 0 Å². The fraction of sp³-hybridized carbons (Fsp3) is 1.00. The minimum Gasteiger partial charge on any atom is -0.299 e. The first-order valence-electron chi connectivity index (χ1n) is 5.17. The summed E-state index contributed by atoms with van der Waals surface area (Å²) in [5, 5.41) is 1.12. The van der Waals surface area contributed by atoms with Crippen LogP contribution in [-0.2, 0) is 0 Å². The third-order valence-electron chi connectivity index (χ3n) is 2.80. The number of hydrogen-bond acceptors (Lipinski definition) is 2. The van der Waals surface area contributed by atoms with Gasteiger partial charge in [0.25, 0.3) is 0 Å². The molecule has 1 aliphatic carbocycles. The molecule has 0 radical (unpaired) electrons. The first-order valence-corrected chi connectivity index (χ1v) is 7.69. The van der Waals surface area contributed by atoms with E-state index in [-0.39, 0.29) is 0 Å². The molecule has 0 aliphatic heterocycles. The Bertz CT molecular complexity index is 126. The molecule has 13 heavy (non-hydrogen) atoms. The van der Waals surface area contributed by atoms with Crippen LogP contribution in [0.5, 0.6) is 0 Å². The third kappa shape index (κ3) is 4.22. The number of halogens is 1. The largest absolute Gasteiger partial charge is 0.299 e. The second-order valence-electron chi connectivity index (χ2n) is 3.66. The molecule has 1 fully saturated rings. The van der Waals surface area contributed by atoms with Crippen LogP contribution in [0.2, 0.25) is 0 Å². The highest BCUT2D eigenvalue weighted by molar-refractivity contribution is 9.09. The molecule has 0 heterocycles. The molecule has 0 amide bonds. The summed E-state index contributed by atoms with van der Waals surface area (Å²) in [6.45, 7) is 2.50. The van der Waals surface area contributed by atoms with Crippen LogP contribution in [0.4, 0.5) is 0 Å². The molecule has 0 N–H and O–H groups in total. The Hall–Kier alpha value is 0.790. The van der Waals surface area contributed by atoms with Gasteiger partial charge >= 0.3 is 0 Å². The zero-order chi connectivity index (χ0) is 9.52. The number of hydrogen-bond donors (Lipinski definition) is 0. The van der Waals surface area contributed by atoms with Crippen LogP contribution in [-0.4, -0.2) is 41.4 Å². The lowest BCUT2D eigenvalue weighted by Gasteiger charge is -2.27. The van der Waals surface area contributed by atoms with Gasteiger partial charge in [-0.15, -0.1) is 0 Å². The van der Waals surface area contributed by atoms with Gasteiger partial charge in [0, 0.05) is 30.2 Å². The summed E-state index contributed by atoms with van der Waals surface area (Å²) < 4.78 is 0. The summed E-state index contributed by atoms with van der Waals surface area (Å²) >= 11 is 5.50. The lowest BCUT2D eigenvalue weighted by molar-refractivity contribution is 0.225. The van der Waals surface area contributed by atoms with Crippen LogP contribution < -0.4 is 0 Å². The summed E-state index contributed by atoms with van der Waals surface area (Å²) in [4.78, 5) is 2.66. The van der Waals surface area contributed by atoms with Crippen LogP contribution in [0.25, 0.3) is 0 Å². The van der Waals surface area contributed by atoms with Crippen molar-refractivity contribution in [3.63, 3.8) is 0 Å². The van der Waals surface area contributed by atoms with Gasteiger partial charge in [-0.2, -0.15) is 11.8 Å². The summed E-state index contributed by atoms with van der Waals surface area (Å²) in [5.74, 6) is 1.28. The maximum Gasteiger partial charge on any atom is 0.0159 e. The van der Waals surface area contributed by atoms with Crippen molar-refractivity contribution in [2.45, 2.75) is 31.7 Å². The summed E-state index contributed by atoms with van der Waals surface area (Å²) in [7, 11) is 0. The maximum absolute atomic E-state index is 3.54. The molecule has 0 spiro atoms. The number of alkyl halides is 1. The van der Waals surface area contributed by atoms with E-state index < -0.39 is 0 Å². The van der Waals surface area contributed by atoms with E-state index in [2.05, 4.69) is 27.1 Å². The lowest BCUT2D eigenvalue weighted by atomic mass is 10.2. The average Bonchev–Trinajstić information content (AvgIpc) is 2.65. The van der Waals surface area contributed by atoms with Gasteiger partial charge in [0.1, 0.15) is 0 Å². The molecular formula is C10H20BrNS. The molecule has 1 nitrogen and oxygen atoms in total. The molecule has 0 unspecified atom stereocenters. The zero-order valence-electron chi connectivity index (χ0n) is 8.47. The second kappa shape index (κ2) is 7.13. The van der Waals surface area contributed by atoms with Gasteiger partial charge in [-0.1, -0.05) is 28.8 Å². The highest BCUT2D eigenvalue weighted by Crippen LogP contribution is 2.23. The molecule has 0 aromatic heterocycles. The van der Waals surface area contributed by atoms with Crippen molar-refractivity contribution in [3.8, 4) is 0 Å². The third-order valence-corrected chi connectivity index (χ3v) is 3.74. The second-order valence-corrected chi connectivity index (χ2v) is 5.43. The molecule has 0 atom stereocenters. The van der Waals surface area contributed by atoms with Crippen molar-refractivity contribution in [1.82, 2.24) is 4.90 Å². The Morgan fingerprint density at radius 3 is 2.54 bits per heavy atom. The lowest BCUT2D eigenvalue weighted by Crippen LogP contribution is -2.36. The molecule has 1 rings (SSSR count). The Kier molecular flexibility index (Phi) is 6.51. The summed E-state index contributed by atoms with van der Waals surface area (Å²) in [5.41, 5.74) is 0. The predicted molar refractivity (Wildman–Crippen MR) is 66.0 cm³/mol. The monoisotopic (exact) mass is 265 g/mol. The summed E-state index contributed by atoms with van der Waals surface area (Å²) in [6, 6.07) is 0.893. The van der Waals surface area contributed by atoms with Crippen LogP contribution in [0, 0.1) is 0 Å². The standard InChI is InChI=1S/C10H20BrNS/c1-13-9-8-12(7-6-11)10-4-2-3-5-10/h10H,2-9H2,1H3. The summed E-state index contributed by atoms with van der Waals surface area (Å²) in [6.07, 6.45) is 7.95. The van der Waals surface area contributed by atoms with Crippen LogP contribution in [0.3, 0.4) is 0 Å². The van der Waals surface area contributed by atoms with Gasteiger partial charge in [-0.3, -0.25) is 4.90 Å². The molecule has 0 bridgehead atoms. The Labute approximate surface area is 94.8 Å². The van der Waals surface area contributed by atoms with Crippen LogP contribution in [0.15, 0.2) is 0 Å². The highest BCUT2D eigenvalue weighted by Gasteiger charge is 2.21. The fourth-order valence-corrected chi connectivity index (χ4v) is 2.94. The molecule has 1 saturated carbocycles.